The van der Waals surface area contributed by atoms with Crippen LogP contribution in [0.5, 0.6) is 11.5 Å². The number of aromatic hydroxyl groups is 2. The van der Waals surface area contributed by atoms with Gasteiger partial charge in [0, 0.05) is 12.6 Å². The molecule has 0 spiro atoms. The molecule has 0 aliphatic carbocycles. The zero-order valence-electron chi connectivity index (χ0n) is 20.1. The van der Waals surface area contributed by atoms with Crippen molar-refractivity contribution in [1.29, 1.82) is 0 Å². The molecule has 2 N–H and O–H groups in total. The maximum absolute atomic E-state index is 12.4. The maximum atomic E-state index is 12.4. The van der Waals surface area contributed by atoms with Crippen molar-refractivity contribution in [3.63, 3.8) is 0 Å². The summed E-state index contributed by atoms with van der Waals surface area (Å²) in [5, 5.41) is 22.4. The van der Waals surface area contributed by atoms with Crippen molar-refractivity contribution < 1.29 is 19.7 Å². The van der Waals surface area contributed by atoms with Gasteiger partial charge in [-0.25, -0.2) is 4.79 Å². The van der Waals surface area contributed by atoms with Crippen LogP contribution in [-0.2, 0) is 17.7 Å². The van der Waals surface area contributed by atoms with Crippen molar-refractivity contribution in [3.05, 3.63) is 53.1 Å². The number of aryl methyl sites for hydroxylation is 2. The quantitative estimate of drug-likeness (QED) is 0.399. The molecular formula is C27H37NO4. The number of unbranched alkanes of at least 4 members (excludes halogenated alkanes) is 2. The Labute approximate surface area is 192 Å². The van der Waals surface area contributed by atoms with Crippen LogP contribution in [0.15, 0.2) is 30.8 Å². The lowest BCUT2D eigenvalue weighted by Crippen LogP contribution is -2.27. The summed E-state index contributed by atoms with van der Waals surface area (Å²) in [7, 11) is 1.66. The lowest BCUT2D eigenvalue weighted by molar-refractivity contribution is 0.109. The molecule has 0 fully saturated rings. The second-order valence-electron chi connectivity index (χ2n) is 8.51. The fourth-order valence-corrected chi connectivity index (χ4v) is 3.82. The van der Waals surface area contributed by atoms with Crippen LogP contribution in [0, 0.1) is 6.92 Å². The molecule has 2 aromatic carbocycles. The van der Waals surface area contributed by atoms with E-state index in [-0.39, 0.29) is 18.0 Å². The van der Waals surface area contributed by atoms with Crippen LogP contribution in [0.3, 0.4) is 0 Å². The number of hydrogen-bond donors (Lipinski definition) is 2. The third kappa shape index (κ3) is 6.06. The minimum atomic E-state index is -0.432. The molecule has 0 aliphatic heterocycles. The molecule has 0 bridgehead atoms. The molecule has 2 aromatic rings. The largest absolute Gasteiger partial charge is 0.507 e. The van der Waals surface area contributed by atoms with Crippen LogP contribution < -0.4 is 0 Å². The zero-order chi connectivity index (χ0) is 23.8. The molecule has 0 radical (unpaired) electrons. The van der Waals surface area contributed by atoms with E-state index in [2.05, 4.69) is 13.5 Å². The number of phenolic OH excluding ortho intramolecular Hbond substituents is 2. The standard InChI is InChI=1S/C27H37NO4/c1-7-9-10-11-20-16-24(29)25(22-15-19(5)12-13-21(22)18(3)4)26(30)23(20)17-28(6)27(31)32-14-8-2/h12-13,15-16,29-30H,3,7-11,14,17H2,1-2,4-6H3. The van der Waals surface area contributed by atoms with Gasteiger partial charge in [-0.2, -0.15) is 0 Å². The van der Waals surface area contributed by atoms with Gasteiger partial charge < -0.3 is 19.8 Å². The number of benzene rings is 2. The molecule has 32 heavy (non-hydrogen) atoms. The van der Waals surface area contributed by atoms with E-state index in [1.54, 1.807) is 13.1 Å². The molecular weight excluding hydrogens is 402 g/mol. The van der Waals surface area contributed by atoms with Gasteiger partial charge in [0.05, 0.1) is 18.7 Å². The van der Waals surface area contributed by atoms with E-state index in [1.807, 2.05) is 39.0 Å². The highest BCUT2D eigenvalue weighted by atomic mass is 16.6. The van der Waals surface area contributed by atoms with Gasteiger partial charge in [-0.1, -0.05) is 62.6 Å². The van der Waals surface area contributed by atoms with Gasteiger partial charge in [0.25, 0.3) is 0 Å². The Morgan fingerprint density at radius 1 is 1.12 bits per heavy atom. The van der Waals surface area contributed by atoms with Gasteiger partial charge in [-0.05, 0) is 55.9 Å². The first-order valence-electron chi connectivity index (χ1n) is 11.4. The minimum Gasteiger partial charge on any atom is -0.507 e. The number of phenols is 2. The summed E-state index contributed by atoms with van der Waals surface area (Å²) in [5.41, 5.74) is 5.30. The van der Waals surface area contributed by atoms with Gasteiger partial charge in [0.1, 0.15) is 11.5 Å². The van der Waals surface area contributed by atoms with Crippen molar-refractivity contribution in [3.8, 4) is 22.6 Å². The zero-order valence-corrected chi connectivity index (χ0v) is 20.1. The second kappa shape index (κ2) is 11.6. The number of amides is 1. The maximum Gasteiger partial charge on any atom is 0.409 e. The number of carbonyl (C=O) groups is 1. The average molecular weight is 440 g/mol. The number of hydrogen-bond acceptors (Lipinski definition) is 4. The normalized spacial score (nSPS) is 10.8. The van der Waals surface area contributed by atoms with Crippen molar-refractivity contribution in [2.45, 2.75) is 66.3 Å². The second-order valence-corrected chi connectivity index (χ2v) is 8.51. The first-order valence-corrected chi connectivity index (χ1v) is 11.4. The van der Waals surface area contributed by atoms with Gasteiger partial charge >= 0.3 is 6.09 Å². The lowest BCUT2D eigenvalue weighted by atomic mass is 9.89. The van der Waals surface area contributed by atoms with Gasteiger partial charge in [-0.3, -0.25) is 0 Å². The molecule has 174 valence electrons. The van der Waals surface area contributed by atoms with Crippen molar-refractivity contribution >= 4 is 11.7 Å². The van der Waals surface area contributed by atoms with Gasteiger partial charge in [-0.15, -0.1) is 0 Å². The number of carbonyl (C=O) groups excluding carboxylic acids is 1. The molecule has 0 aliphatic rings. The molecule has 0 saturated carbocycles. The summed E-state index contributed by atoms with van der Waals surface area (Å²) >= 11 is 0. The van der Waals surface area contributed by atoms with E-state index in [4.69, 9.17) is 4.74 Å². The lowest BCUT2D eigenvalue weighted by Gasteiger charge is -2.23. The molecule has 0 aromatic heterocycles. The molecule has 0 heterocycles. The van der Waals surface area contributed by atoms with E-state index in [9.17, 15) is 15.0 Å². The number of allylic oxidation sites excluding steroid dienone is 1. The Balaban J connectivity index is 2.61. The highest BCUT2D eigenvalue weighted by molar-refractivity contribution is 5.87. The van der Waals surface area contributed by atoms with E-state index in [1.165, 1.54) is 4.90 Å². The molecule has 2 rings (SSSR count). The van der Waals surface area contributed by atoms with E-state index in [0.29, 0.717) is 24.2 Å². The summed E-state index contributed by atoms with van der Waals surface area (Å²) < 4.78 is 5.25. The molecule has 5 heteroatoms. The Bertz CT molecular complexity index is 965. The van der Waals surface area contributed by atoms with E-state index >= 15 is 0 Å². The first-order chi connectivity index (χ1) is 15.2. The molecule has 5 nitrogen and oxygen atoms in total. The van der Waals surface area contributed by atoms with Crippen LogP contribution in [0.4, 0.5) is 4.79 Å². The Morgan fingerprint density at radius 3 is 2.47 bits per heavy atom. The predicted molar refractivity (Wildman–Crippen MR) is 131 cm³/mol. The highest BCUT2D eigenvalue weighted by Crippen LogP contribution is 2.45. The van der Waals surface area contributed by atoms with Gasteiger partial charge in [0.15, 0.2) is 0 Å². The van der Waals surface area contributed by atoms with E-state index < -0.39 is 6.09 Å². The van der Waals surface area contributed by atoms with Crippen molar-refractivity contribution in [1.82, 2.24) is 4.90 Å². The monoisotopic (exact) mass is 439 g/mol. The SMILES string of the molecule is C=C(C)c1ccc(C)cc1-c1c(O)cc(CCCCC)c(CN(C)C(=O)OCCC)c1O. The molecule has 0 saturated heterocycles. The first kappa shape index (κ1) is 25.3. The van der Waals surface area contributed by atoms with Crippen LogP contribution in [0.25, 0.3) is 16.7 Å². The highest BCUT2D eigenvalue weighted by Gasteiger charge is 2.23. The predicted octanol–water partition coefficient (Wildman–Crippen LogP) is 6.82. The topological polar surface area (TPSA) is 70.0 Å². The number of nitrogens with zero attached hydrogens (tertiary/aromatic N) is 1. The smallest absolute Gasteiger partial charge is 0.409 e. The number of ether oxygens (including phenoxy) is 1. The van der Waals surface area contributed by atoms with Crippen molar-refractivity contribution in [2.75, 3.05) is 13.7 Å². The fraction of sp³-hybridized carbons (Fsp3) is 0.444. The Hall–Kier alpha value is -2.95. The van der Waals surface area contributed by atoms with Crippen LogP contribution >= 0.6 is 0 Å². The van der Waals surface area contributed by atoms with E-state index in [0.717, 1.165) is 53.5 Å². The summed E-state index contributed by atoms with van der Waals surface area (Å²) in [6.45, 7) is 12.5. The summed E-state index contributed by atoms with van der Waals surface area (Å²) in [6.07, 6.45) is 4.08. The Morgan fingerprint density at radius 2 is 1.84 bits per heavy atom. The summed E-state index contributed by atoms with van der Waals surface area (Å²) in [6, 6.07) is 7.61. The third-order valence-corrected chi connectivity index (χ3v) is 5.57. The average Bonchev–Trinajstić information content (AvgIpc) is 2.74. The van der Waals surface area contributed by atoms with Crippen LogP contribution in [-0.4, -0.2) is 34.9 Å². The number of rotatable bonds is 10. The molecule has 1 amide bonds. The summed E-state index contributed by atoms with van der Waals surface area (Å²) in [4.78, 5) is 13.8. The minimum absolute atomic E-state index is 0.000241. The molecule has 0 atom stereocenters. The van der Waals surface area contributed by atoms with Crippen LogP contribution in [0.1, 0.15) is 68.7 Å². The fourth-order valence-electron chi connectivity index (χ4n) is 3.82. The summed E-state index contributed by atoms with van der Waals surface area (Å²) in [5.74, 6) is 0.0294. The van der Waals surface area contributed by atoms with Gasteiger partial charge in [0.2, 0.25) is 0 Å². The van der Waals surface area contributed by atoms with Crippen LogP contribution in [0.2, 0.25) is 0 Å². The Kier molecular flexibility index (Phi) is 9.18. The third-order valence-electron chi connectivity index (χ3n) is 5.57. The van der Waals surface area contributed by atoms with Crippen molar-refractivity contribution in [2.24, 2.45) is 0 Å². The molecule has 0 unspecified atom stereocenters.